The highest BCUT2D eigenvalue weighted by atomic mass is 35.5. The van der Waals surface area contributed by atoms with E-state index in [1.54, 1.807) is 23.5 Å². The van der Waals surface area contributed by atoms with Crippen LogP contribution in [-0.2, 0) is 6.42 Å². The van der Waals surface area contributed by atoms with Gasteiger partial charge in [-0.15, -0.1) is 11.3 Å². The molecule has 1 aromatic heterocycles. The molecule has 1 aliphatic rings. The van der Waals surface area contributed by atoms with E-state index in [2.05, 4.69) is 5.32 Å². The van der Waals surface area contributed by atoms with Gasteiger partial charge in [0.1, 0.15) is 5.82 Å². The van der Waals surface area contributed by atoms with E-state index in [-0.39, 0.29) is 11.7 Å². The lowest BCUT2D eigenvalue weighted by atomic mass is 9.94. The molecule has 1 atom stereocenters. The van der Waals surface area contributed by atoms with Gasteiger partial charge in [0.25, 0.3) is 0 Å². The van der Waals surface area contributed by atoms with Crippen molar-refractivity contribution in [3.8, 4) is 0 Å². The first kappa shape index (κ1) is 14.1. The van der Waals surface area contributed by atoms with Gasteiger partial charge in [-0.05, 0) is 43.0 Å². The summed E-state index contributed by atoms with van der Waals surface area (Å²) in [6.07, 6.45) is 3.32. The smallest absolute Gasteiger partial charge is 0.126 e. The van der Waals surface area contributed by atoms with Gasteiger partial charge in [0.15, 0.2) is 0 Å². The standard InChI is InChI=1S/C16H17ClFNS/c17-16-8-7-13(20-16)9-11(10-19-12-5-6-12)14-3-1-2-4-15(14)18/h1-4,7-8,11-12,19H,5-6,9-10H2. The fourth-order valence-corrected chi connectivity index (χ4v) is 3.57. The minimum Gasteiger partial charge on any atom is -0.313 e. The predicted octanol–water partition coefficient (Wildman–Crippen LogP) is 4.62. The van der Waals surface area contributed by atoms with E-state index in [0.717, 1.165) is 22.9 Å². The molecule has 1 N–H and O–H groups in total. The summed E-state index contributed by atoms with van der Waals surface area (Å²) in [7, 11) is 0. The van der Waals surface area contributed by atoms with Crippen LogP contribution in [0.15, 0.2) is 36.4 Å². The molecule has 1 heterocycles. The van der Waals surface area contributed by atoms with Crippen molar-refractivity contribution in [2.24, 2.45) is 0 Å². The molecule has 4 heteroatoms. The van der Waals surface area contributed by atoms with E-state index in [1.807, 2.05) is 24.3 Å². The highest BCUT2D eigenvalue weighted by Crippen LogP contribution is 2.29. The predicted molar refractivity (Wildman–Crippen MR) is 83.2 cm³/mol. The van der Waals surface area contributed by atoms with Crippen LogP contribution in [0.25, 0.3) is 0 Å². The summed E-state index contributed by atoms with van der Waals surface area (Å²) in [6.45, 7) is 0.821. The number of benzene rings is 1. The summed E-state index contributed by atoms with van der Waals surface area (Å²) in [5.41, 5.74) is 0.796. The van der Waals surface area contributed by atoms with Gasteiger partial charge in [0.2, 0.25) is 0 Å². The quantitative estimate of drug-likeness (QED) is 0.821. The van der Waals surface area contributed by atoms with Gasteiger partial charge in [-0.25, -0.2) is 4.39 Å². The molecular weight excluding hydrogens is 293 g/mol. The Kier molecular flexibility index (Phi) is 4.39. The molecule has 0 saturated heterocycles. The summed E-state index contributed by atoms with van der Waals surface area (Å²) in [5, 5.41) is 3.51. The lowest BCUT2D eigenvalue weighted by molar-refractivity contribution is 0.538. The summed E-state index contributed by atoms with van der Waals surface area (Å²) in [5.74, 6) is 0.0456. The molecule has 0 spiro atoms. The monoisotopic (exact) mass is 309 g/mol. The maximum atomic E-state index is 14.0. The maximum Gasteiger partial charge on any atom is 0.126 e. The normalized spacial score (nSPS) is 16.3. The zero-order valence-corrected chi connectivity index (χ0v) is 12.7. The Bertz CT molecular complexity index is 579. The van der Waals surface area contributed by atoms with Gasteiger partial charge >= 0.3 is 0 Å². The molecule has 1 unspecified atom stereocenters. The molecule has 20 heavy (non-hydrogen) atoms. The van der Waals surface area contributed by atoms with E-state index in [1.165, 1.54) is 17.7 Å². The third kappa shape index (κ3) is 3.60. The van der Waals surface area contributed by atoms with Crippen molar-refractivity contribution in [3.05, 3.63) is 57.0 Å². The van der Waals surface area contributed by atoms with Crippen LogP contribution >= 0.6 is 22.9 Å². The number of thiophene rings is 1. The van der Waals surface area contributed by atoms with E-state index in [4.69, 9.17) is 11.6 Å². The molecule has 2 aromatic rings. The Morgan fingerprint density at radius 1 is 1.25 bits per heavy atom. The van der Waals surface area contributed by atoms with Crippen LogP contribution in [0.3, 0.4) is 0 Å². The van der Waals surface area contributed by atoms with Gasteiger partial charge in [0.05, 0.1) is 4.34 Å². The van der Waals surface area contributed by atoms with Crippen molar-refractivity contribution in [1.82, 2.24) is 5.32 Å². The number of halogens is 2. The van der Waals surface area contributed by atoms with Crippen molar-refractivity contribution >= 4 is 22.9 Å². The van der Waals surface area contributed by atoms with Gasteiger partial charge in [-0.3, -0.25) is 0 Å². The van der Waals surface area contributed by atoms with Gasteiger partial charge in [0, 0.05) is 23.4 Å². The van der Waals surface area contributed by atoms with Gasteiger partial charge < -0.3 is 5.32 Å². The summed E-state index contributed by atoms with van der Waals surface area (Å²) in [6, 6.07) is 11.7. The Labute approximate surface area is 127 Å². The second-order valence-corrected chi connectivity index (χ2v) is 7.11. The fourth-order valence-electron chi connectivity index (χ4n) is 2.40. The Balaban J connectivity index is 1.77. The lowest BCUT2D eigenvalue weighted by Crippen LogP contribution is -2.25. The molecular formula is C16H17ClFNS. The van der Waals surface area contributed by atoms with Crippen LogP contribution in [0.1, 0.15) is 29.2 Å². The number of hydrogen-bond acceptors (Lipinski definition) is 2. The SMILES string of the molecule is Fc1ccccc1C(CNC1CC1)Cc1ccc(Cl)s1. The van der Waals surface area contributed by atoms with Crippen LogP contribution < -0.4 is 5.32 Å². The van der Waals surface area contributed by atoms with E-state index >= 15 is 0 Å². The van der Waals surface area contributed by atoms with Gasteiger partial charge in [-0.2, -0.15) is 0 Å². The summed E-state index contributed by atoms with van der Waals surface area (Å²) >= 11 is 7.57. The maximum absolute atomic E-state index is 14.0. The minimum absolute atomic E-state index is 0.113. The Morgan fingerprint density at radius 2 is 2.05 bits per heavy atom. The molecule has 106 valence electrons. The molecule has 0 aliphatic heterocycles. The average molecular weight is 310 g/mol. The van der Waals surface area contributed by atoms with Crippen molar-refractivity contribution in [3.63, 3.8) is 0 Å². The minimum atomic E-state index is -0.113. The Hall–Kier alpha value is -0.900. The zero-order valence-electron chi connectivity index (χ0n) is 11.1. The van der Waals surface area contributed by atoms with Crippen LogP contribution in [0.5, 0.6) is 0 Å². The summed E-state index contributed by atoms with van der Waals surface area (Å²) in [4.78, 5) is 1.21. The number of nitrogens with one attached hydrogen (secondary N) is 1. The largest absolute Gasteiger partial charge is 0.313 e. The Morgan fingerprint density at radius 3 is 2.70 bits per heavy atom. The third-order valence-electron chi connectivity index (χ3n) is 3.65. The average Bonchev–Trinajstić information content (AvgIpc) is 3.18. The fraction of sp³-hybridized carbons (Fsp3) is 0.375. The van der Waals surface area contributed by atoms with Crippen molar-refractivity contribution < 1.29 is 4.39 Å². The second-order valence-electron chi connectivity index (χ2n) is 5.31. The summed E-state index contributed by atoms with van der Waals surface area (Å²) < 4.78 is 14.8. The second kappa shape index (κ2) is 6.25. The number of hydrogen-bond donors (Lipinski definition) is 1. The molecule has 0 bridgehead atoms. The molecule has 1 fully saturated rings. The highest BCUT2D eigenvalue weighted by molar-refractivity contribution is 7.16. The molecule has 0 radical (unpaired) electrons. The molecule has 1 aromatic carbocycles. The zero-order chi connectivity index (χ0) is 13.9. The first-order valence-electron chi connectivity index (χ1n) is 6.94. The first-order chi connectivity index (χ1) is 9.72. The molecule has 1 aliphatic carbocycles. The number of rotatable bonds is 6. The van der Waals surface area contributed by atoms with Crippen molar-refractivity contribution in [2.75, 3.05) is 6.54 Å². The highest BCUT2D eigenvalue weighted by Gasteiger charge is 2.24. The van der Waals surface area contributed by atoms with Crippen LogP contribution in [-0.4, -0.2) is 12.6 Å². The van der Waals surface area contributed by atoms with Crippen molar-refractivity contribution in [2.45, 2.75) is 31.2 Å². The van der Waals surface area contributed by atoms with E-state index in [0.29, 0.717) is 6.04 Å². The van der Waals surface area contributed by atoms with Gasteiger partial charge in [-0.1, -0.05) is 29.8 Å². The van der Waals surface area contributed by atoms with Crippen LogP contribution in [0.2, 0.25) is 4.34 Å². The first-order valence-corrected chi connectivity index (χ1v) is 8.14. The van der Waals surface area contributed by atoms with Crippen molar-refractivity contribution in [1.29, 1.82) is 0 Å². The third-order valence-corrected chi connectivity index (χ3v) is 4.91. The lowest BCUT2D eigenvalue weighted by Gasteiger charge is -2.18. The molecule has 1 saturated carbocycles. The van der Waals surface area contributed by atoms with Crippen LogP contribution in [0, 0.1) is 5.82 Å². The topological polar surface area (TPSA) is 12.0 Å². The molecule has 1 nitrogen and oxygen atoms in total. The van der Waals surface area contributed by atoms with E-state index < -0.39 is 0 Å². The molecule has 0 amide bonds. The van der Waals surface area contributed by atoms with Crippen LogP contribution in [0.4, 0.5) is 4.39 Å². The van der Waals surface area contributed by atoms with E-state index in [9.17, 15) is 4.39 Å². The molecule has 3 rings (SSSR count).